The molecule has 0 unspecified atom stereocenters. The van der Waals surface area contributed by atoms with Crippen molar-refractivity contribution in [2.75, 3.05) is 23.3 Å². The van der Waals surface area contributed by atoms with Crippen LogP contribution in [-0.4, -0.2) is 34.8 Å². The Kier molecular flexibility index (Phi) is 5.19. The van der Waals surface area contributed by atoms with Crippen LogP contribution in [0.15, 0.2) is 67.3 Å². The zero-order chi connectivity index (χ0) is 19.3. The molecule has 2 heterocycles. The van der Waals surface area contributed by atoms with Crippen molar-refractivity contribution in [3.63, 3.8) is 0 Å². The van der Waals surface area contributed by atoms with Crippen LogP contribution in [0.25, 0.3) is 5.69 Å². The second kappa shape index (κ2) is 8.08. The third kappa shape index (κ3) is 3.96. The van der Waals surface area contributed by atoms with Crippen LogP contribution in [0.2, 0.25) is 0 Å². The normalized spacial score (nSPS) is 14.6. The van der Waals surface area contributed by atoms with Gasteiger partial charge in [0.1, 0.15) is 6.29 Å². The maximum absolute atomic E-state index is 12.6. The zero-order valence-electron chi connectivity index (χ0n) is 15.5. The molecule has 1 aliphatic rings. The van der Waals surface area contributed by atoms with Crippen LogP contribution < -0.4 is 10.2 Å². The molecule has 6 heteroatoms. The number of carbonyl (C=O) groups is 2. The van der Waals surface area contributed by atoms with E-state index in [-0.39, 0.29) is 11.8 Å². The van der Waals surface area contributed by atoms with Crippen LogP contribution >= 0.6 is 0 Å². The van der Waals surface area contributed by atoms with Crippen LogP contribution in [-0.2, 0) is 4.79 Å². The number of piperidine rings is 1. The molecule has 0 saturated carbocycles. The number of carbonyl (C=O) groups excluding carboxylic acids is 2. The highest BCUT2D eigenvalue weighted by Crippen LogP contribution is 2.25. The van der Waals surface area contributed by atoms with Crippen molar-refractivity contribution in [2.45, 2.75) is 12.8 Å². The molecule has 2 aromatic carbocycles. The molecule has 3 aromatic rings. The first-order chi connectivity index (χ1) is 13.7. The van der Waals surface area contributed by atoms with Gasteiger partial charge in [-0.1, -0.05) is 0 Å². The maximum Gasteiger partial charge on any atom is 0.227 e. The summed E-state index contributed by atoms with van der Waals surface area (Å²) in [5.41, 5.74) is 3.58. The molecule has 28 heavy (non-hydrogen) atoms. The van der Waals surface area contributed by atoms with Gasteiger partial charge in [0.2, 0.25) is 5.91 Å². The summed E-state index contributed by atoms with van der Waals surface area (Å²) in [6, 6.07) is 15.3. The molecule has 1 amide bonds. The van der Waals surface area contributed by atoms with E-state index in [1.807, 2.05) is 59.3 Å². The van der Waals surface area contributed by atoms with E-state index < -0.39 is 0 Å². The van der Waals surface area contributed by atoms with Gasteiger partial charge < -0.3 is 14.8 Å². The fourth-order valence-electron chi connectivity index (χ4n) is 3.54. The molecule has 0 spiro atoms. The number of aromatic nitrogens is 2. The van der Waals surface area contributed by atoms with E-state index in [9.17, 15) is 9.59 Å². The van der Waals surface area contributed by atoms with Crippen LogP contribution in [0.4, 0.5) is 11.4 Å². The van der Waals surface area contributed by atoms with Crippen molar-refractivity contribution < 1.29 is 9.59 Å². The predicted molar refractivity (Wildman–Crippen MR) is 109 cm³/mol. The third-order valence-electron chi connectivity index (χ3n) is 5.20. The molecule has 1 aromatic heterocycles. The molecular formula is C22H22N4O2. The number of benzene rings is 2. The molecule has 6 nitrogen and oxygen atoms in total. The lowest BCUT2D eigenvalue weighted by Crippen LogP contribution is -2.38. The summed E-state index contributed by atoms with van der Waals surface area (Å²) < 4.78 is 1.92. The minimum atomic E-state index is 0.0128. The molecule has 0 radical (unpaired) electrons. The quantitative estimate of drug-likeness (QED) is 0.694. The molecular weight excluding hydrogens is 352 g/mol. The van der Waals surface area contributed by atoms with Crippen molar-refractivity contribution in [3.05, 3.63) is 72.8 Å². The van der Waals surface area contributed by atoms with E-state index in [2.05, 4.69) is 15.2 Å². The lowest BCUT2D eigenvalue weighted by molar-refractivity contribution is -0.120. The number of rotatable bonds is 5. The Hall–Kier alpha value is -3.41. The number of imidazole rings is 1. The Labute approximate surface area is 163 Å². The van der Waals surface area contributed by atoms with Gasteiger partial charge in [0, 0.05) is 54.0 Å². The largest absolute Gasteiger partial charge is 0.371 e. The van der Waals surface area contributed by atoms with Crippen molar-refractivity contribution in [1.82, 2.24) is 9.55 Å². The second-order valence-electron chi connectivity index (χ2n) is 6.98. The van der Waals surface area contributed by atoms with Crippen molar-refractivity contribution in [1.29, 1.82) is 0 Å². The van der Waals surface area contributed by atoms with Gasteiger partial charge >= 0.3 is 0 Å². The summed E-state index contributed by atoms with van der Waals surface area (Å²) in [7, 11) is 0. The van der Waals surface area contributed by atoms with Crippen LogP contribution in [0.1, 0.15) is 23.2 Å². The van der Waals surface area contributed by atoms with Gasteiger partial charge in [-0.3, -0.25) is 9.59 Å². The van der Waals surface area contributed by atoms with Gasteiger partial charge in [0.15, 0.2) is 0 Å². The minimum Gasteiger partial charge on any atom is -0.371 e. The summed E-state index contributed by atoms with van der Waals surface area (Å²) in [6.45, 7) is 1.66. The molecule has 142 valence electrons. The molecule has 0 bridgehead atoms. The Morgan fingerprint density at radius 1 is 1.00 bits per heavy atom. The van der Waals surface area contributed by atoms with E-state index in [0.29, 0.717) is 5.56 Å². The van der Waals surface area contributed by atoms with Crippen LogP contribution in [0.5, 0.6) is 0 Å². The van der Waals surface area contributed by atoms with E-state index in [1.165, 1.54) is 0 Å². The number of aldehydes is 1. The van der Waals surface area contributed by atoms with E-state index in [4.69, 9.17) is 0 Å². The lowest BCUT2D eigenvalue weighted by atomic mass is 9.95. The minimum absolute atomic E-state index is 0.0128. The molecule has 0 atom stereocenters. The van der Waals surface area contributed by atoms with Crippen LogP contribution in [0.3, 0.4) is 0 Å². The number of hydrogen-bond donors (Lipinski definition) is 1. The molecule has 4 rings (SSSR count). The zero-order valence-corrected chi connectivity index (χ0v) is 15.5. The third-order valence-corrected chi connectivity index (χ3v) is 5.20. The molecule has 1 saturated heterocycles. The summed E-state index contributed by atoms with van der Waals surface area (Å²) in [4.78, 5) is 29.7. The number of nitrogens with zero attached hydrogens (tertiary/aromatic N) is 3. The summed E-state index contributed by atoms with van der Waals surface area (Å²) >= 11 is 0. The summed E-state index contributed by atoms with van der Waals surface area (Å²) in [6.07, 6.45) is 7.84. The predicted octanol–water partition coefficient (Wildman–Crippen LogP) is 3.54. The standard InChI is InChI=1S/C22H22N4O2/c27-15-17-1-5-20(6-2-17)25-12-9-18(10-13-25)22(28)24-19-3-7-21(8-4-19)26-14-11-23-16-26/h1-8,11,14-16,18H,9-10,12-13H2,(H,24,28). The molecule has 1 fully saturated rings. The van der Waals surface area contributed by atoms with Crippen molar-refractivity contribution in [3.8, 4) is 5.69 Å². The highest BCUT2D eigenvalue weighted by atomic mass is 16.1. The van der Waals surface area contributed by atoms with Crippen molar-refractivity contribution >= 4 is 23.6 Å². The number of anilines is 2. The maximum atomic E-state index is 12.6. The van der Waals surface area contributed by atoms with Gasteiger partial charge in [-0.05, 0) is 61.4 Å². The second-order valence-corrected chi connectivity index (χ2v) is 6.98. The monoisotopic (exact) mass is 374 g/mol. The fraction of sp³-hybridized carbons (Fsp3) is 0.227. The van der Waals surface area contributed by atoms with Gasteiger partial charge in [-0.25, -0.2) is 4.98 Å². The first kappa shape index (κ1) is 18.0. The van der Waals surface area contributed by atoms with E-state index >= 15 is 0 Å². The smallest absolute Gasteiger partial charge is 0.227 e. The van der Waals surface area contributed by atoms with E-state index in [0.717, 1.165) is 49.3 Å². The Morgan fingerprint density at radius 2 is 1.68 bits per heavy atom. The average molecular weight is 374 g/mol. The fourth-order valence-corrected chi connectivity index (χ4v) is 3.54. The Bertz CT molecular complexity index is 926. The number of nitrogens with one attached hydrogen (secondary N) is 1. The van der Waals surface area contributed by atoms with Gasteiger partial charge in [0.05, 0.1) is 6.33 Å². The number of hydrogen-bond acceptors (Lipinski definition) is 4. The van der Waals surface area contributed by atoms with Gasteiger partial charge in [-0.15, -0.1) is 0 Å². The summed E-state index contributed by atoms with van der Waals surface area (Å²) in [5, 5.41) is 3.03. The first-order valence-electron chi connectivity index (χ1n) is 9.42. The Morgan fingerprint density at radius 3 is 2.29 bits per heavy atom. The van der Waals surface area contributed by atoms with Gasteiger partial charge in [-0.2, -0.15) is 0 Å². The average Bonchev–Trinajstić information content (AvgIpc) is 3.29. The first-order valence-corrected chi connectivity index (χ1v) is 9.42. The highest BCUT2D eigenvalue weighted by molar-refractivity contribution is 5.92. The van der Waals surface area contributed by atoms with E-state index in [1.54, 1.807) is 12.5 Å². The highest BCUT2D eigenvalue weighted by Gasteiger charge is 2.25. The molecule has 0 aliphatic carbocycles. The van der Waals surface area contributed by atoms with Crippen LogP contribution in [0, 0.1) is 5.92 Å². The van der Waals surface area contributed by atoms with Gasteiger partial charge in [0.25, 0.3) is 0 Å². The SMILES string of the molecule is O=Cc1ccc(N2CCC(C(=O)Nc3ccc(-n4ccnc4)cc3)CC2)cc1. The number of amides is 1. The topological polar surface area (TPSA) is 67.2 Å². The van der Waals surface area contributed by atoms with Crippen molar-refractivity contribution in [2.24, 2.45) is 5.92 Å². The molecule has 1 aliphatic heterocycles. The Balaban J connectivity index is 1.31. The molecule has 1 N–H and O–H groups in total. The summed E-state index contributed by atoms with van der Waals surface area (Å²) in [5.74, 6) is 0.0881. The lowest BCUT2D eigenvalue weighted by Gasteiger charge is -2.33.